The Morgan fingerprint density at radius 3 is 2.35 bits per heavy atom. The van der Waals surface area contributed by atoms with Crippen molar-refractivity contribution >= 4 is 21.8 Å². The lowest BCUT2D eigenvalue weighted by Crippen LogP contribution is -2.54. The Balaban J connectivity index is 1.91. The summed E-state index contributed by atoms with van der Waals surface area (Å²) in [4.78, 5) is 2.43. The Kier molecular flexibility index (Phi) is 4.35. The number of piperazine rings is 1. The van der Waals surface area contributed by atoms with Crippen molar-refractivity contribution < 1.29 is 8.42 Å². The van der Waals surface area contributed by atoms with Gasteiger partial charge in [-0.15, -0.1) is 0 Å². The topological polar surface area (TPSA) is 52.6 Å². The van der Waals surface area contributed by atoms with Crippen LogP contribution in [0, 0.1) is 0 Å². The number of nitrogens with zero attached hydrogens (tertiary/aromatic N) is 2. The minimum Gasteiger partial charge on any atom is -0.314 e. The summed E-state index contributed by atoms with van der Waals surface area (Å²) in [5.74, 6) is 0. The Hall–Kier alpha value is 0.180. The third kappa shape index (κ3) is 3.14. The van der Waals surface area contributed by atoms with Crippen molar-refractivity contribution in [2.75, 3.05) is 51.8 Å². The summed E-state index contributed by atoms with van der Waals surface area (Å²) in [5.41, 5.74) is 0. The standard InChI is InChI=1S/C10H21N3O2S2/c1-16-10-8-11-7-9(10)12-3-5-13(6-4-12)17(2,14)15/h9-11H,3-8H2,1-2H3. The van der Waals surface area contributed by atoms with Gasteiger partial charge in [-0.3, -0.25) is 4.90 Å². The second kappa shape index (κ2) is 5.44. The Labute approximate surface area is 108 Å². The smallest absolute Gasteiger partial charge is 0.211 e. The van der Waals surface area contributed by atoms with E-state index in [0.717, 1.165) is 26.2 Å². The van der Waals surface area contributed by atoms with Gasteiger partial charge in [-0.1, -0.05) is 0 Å². The Bertz CT molecular complexity index is 353. The number of thioether (sulfide) groups is 1. The molecule has 2 unspecified atom stereocenters. The van der Waals surface area contributed by atoms with Crippen LogP contribution in [-0.2, 0) is 10.0 Å². The van der Waals surface area contributed by atoms with E-state index in [0.29, 0.717) is 24.4 Å². The molecule has 7 heteroatoms. The highest BCUT2D eigenvalue weighted by Crippen LogP contribution is 2.21. The molecule has 0 aliphatic carbocycles. The number of nitrogens with one attached hydrogen (secondary N) is 1. The van der Waals surface area contributed by atoms with Crippen LogP contribution >= 0.6 is 11.8 Å². The van der Waals surface area contributed by atoms with Crippen LogP contribution in [-0.4, -0.2) is 80.7 Å². The number of hydrogen-bond acceptors (Lipinski definition) is 5. The van der Waals surface area contributed by atoms with Crippen LogP contribution in [0.3, 0.4) is 0 Å². The average molecular weight is 279 g/mol. The first kappa shape index (κ1) is 13.6. The van der Waals surface area contributed by atoms with E-state index in [1.54, 1.807) is 4.31 Å². The van der Waals surface area contributed by atoms with Gasteiger partial charge in [0.25, 0.3) is 0 Å². The van der Waals surface area contributed by atoms with Crippen molar-refractivity contribution in [1.82, 2.24) is 14.5 Å². The van der Waals surface area contributed by atoms with Crippen LogP contribution in [0.4, 0.5) is 0 Å². The van der Waals surface area contributed by atoms with Gasteiger partial charge in [-0.2, -0.15) is 16.1 Å². The minimum atomic E-state index is -3.01. The van der Waals surface area contributed by atoms with E-state index in [1.807, 2.05) is 11.8 Å². The molecule has 17 heavy (non-hydrogen) atoms. The predicted octanol–water partition coefficient (Wildman–Crippen LogP) is -0.733. The average Bonchev–Trinajstić information content (AvgIpc) is 2.76. The first-order valence-corrected chi connectivity index (χ1v) is 9.08. The van der Waals surface area contributed by atoms with E-state index >= 15 is 0 Å². The summed E-state index contributed by atoms with van der Waals surface area (Å²) in [7, 11) is -3.01. The second-order valence-corrected chi connectivity index (χ2v) is 7.76. The van der Waals surface area contributed by atoms with Crippen LogP contribution in [0.1, 0.15) is 0 Å². The Morgan fingerprint density at radius 2 is 1.82 bits per heavy atom. The molecule has 2 aliphatic rings. The van der Waals surface area contributed by atoms with Crippen molar-refractivity contribution in [3.8, 4) is 0 Å². The molecule has 0 amide bonds. The van der Waals surface area contributed by atoms with E-state index in [1.165, 1.54) is 6.26 Å². The zero-order valence-corrected chi connectivity index (χ0v) is 12.1. The molecule has 2 saturated heterocycles. The van der Waals surface area contributed by atoms with Crippen LogP contribution in [0.25, 0.3) is 0 Å². The highest BCUT2D eigenvalue weighted by atomic mass is 32.2. The van der Waals surface area contributed by atoms with Gasteiger partial charge < -0.3 is 5.32 Å². The highest BCUT2D eigenvalue weighted by Gasteiger charge is 2.34. The SMILES string of the molecule is CSC1CNCC1N1CCN(S(C)(=O)=O)CC1. The molecule has 100 valence electrons. The second-order valence-electron chi connectivity index (χ2n) is 4.70. The first-order valence-electron chi connectivity index (χ1n) is 5.95. The van der Waals surface area contributed by atoms with Gasteiger partial charge in [0.15, 0.2) is 0 Å². The summed E-state index contributed by atoms with van der Waals surface area (Å²) in [6.45, 7) is 5.09. The van der Waals surface area contributed by atoms with Crippen molar-refractivity contribution in [2.45, 2.75) is 11.3 Å². The van der Waals surface area contributed by atoms with E-state index in [9.17, 15) is 8.42 Å². The van der Waals surface area contributed by atoms with Crippen molar-refractivity contribution in [3.63, 3.8) is 0 Å². The molecule has 2 atom stereocenters. The summed E-state index contributed by atoms with van der Waals surface area (Å²) < 4.78 is 24.4. The summed E-state index contributed by atoms with van der Waals surface area (Å²) in [6, 6.07) is 0.562. The highest BCUT2D eigenvalue weighted by molar-refractivity contribution is 7.99. The van der Waals surface area contributed by atoms with E-state index in [-0.39, 0.29) is 0 Å². The molecular formula is C10H21N3O2S2. The van der Waals surface area contributed by atoms with Gasteiger partial charge in [0.1, 0.15) is 0 Å². The molecule has 0 saturated carbocycles. The fraction of sp³-hybridized carbons (Fsp3) is 1.00. The Morgan fingerprint density at radius 1 is 1.18 bits per heavy atom. The molecule has 1 N–H and O–H groups in total. The molecule has 0 radical (unpaired) electrons. The van der Waals surface area contributed by atoms with Crippen molar-refractivity contribution in [1.29, 1.82) is 0 Å². The van der Waals surface area contributed by atoms with Crippen LogP contribution in [0.2, 0.25) is 0 Å². The summed E-state index contributed by atoms with van der Waals surface area (Å²) in [5, 5.41) is 4.06. The van der Waals surface area contributed by atoms with Gasteiger partial charge in [0, 0.05) is 50.6 Å². The van der Waals surface area contributed by atoms with Crippen LogP contribution in [0.5, 0.6) is 0 Å². The third-order valence-corrected chi connectivity index (χ3v) is 6.03. The quantitative estimate of drug-likeness (QED) is 0.738. The maximum absolute atomic E-state index is 11.4. The minimum absolute atomic E-state index is 0.562. The fourth-order valence-corrected chi connectivity index (χ4v) is 4.31. The van der Waals surface area contributed by atoms with Gasteiger partial charge in [0.05, 0.1) is 6.26 Å². The maximum atomic E-state index is 11.4. The normalized spacial score (nSPS) is 33.1. The molecule has 2 rings (SSSR count). The first-order chi connectivity index (χ1) is 8.02. The molecule has 0 aromatic carbocycles. The van der Waals surface area contributed by atoms with Gasteiger partial charge in [-0.05, 0) is 6.26 Å². The van der Waals surface area contributed by atoms with Crippen LogP contribution < -0.4 is 5.32 Å². The van der Waals surface area contributed by atoms with E-state index in [4.69, 9.17) is 0 Å². The van der Waals surface area contributed by atoms with Crippen molar-refractivity contribution in [3.05, 3.63) is 0 Å². The molecule has 0 spiro atoms. The molecule has 2 aliphatic heterocycles. The molecule has 5 nitrogen and oxygen atoms in total. The largest absolute Gasteiger partial charge is 0.314 e. The van der Waals surface area contributed by atoms with Gasteiger partial charge in [0.2, 0.25) is 10.0 Å². The maximum Gasteiger partial charge on any atom is 0.211 e. The summed E-state index contributed by atoms with van der Waals surface area (Å²) >= 11 is 1.90. The van der Waals surface area contributed by atoms with Crippen molar-refractivity contribution in [2.24, 2.45) is 0 Å². The third-order valence-electron chi connectivity index (χ3n) is 3.64. The van der Waals surface area contributed by atoms with Crippen LogP contribution in [0.15, 0.2) is 0 Å². The molecule has 2 heterocycles. The molecular weight excluding hydrogens is 258 g/mol. The zero-order valence-electron chi connectivity index (χ0n) is 10.4. The lowest BCUT2D eigenvalue weighted by atomic mass is 10.2. The number of hydrogen-bond donors (Lipinski definition) is 1. The lowest BCUT2D eigenvalue weighted by Gasteiger charge is -2.38. The van der Waals surface area contributed by atoms with E-state index < -0.39 is 10.0 Å². The monoisotopic (exact) mass is 279 g/mol. The predicted molar refractivity (Wildman–Crippen MR) is 72.0 cm³/mol. The molecule has 0 aromatic heterocycles. The number of rotatable bonds is 3. The van der Waals surface area contributed by atoms with E-state index in [2.05, 4.69) is 16.5 Å². The fourth-order valence-electron chi connectivity index (χ4n) is 2.61. The molecule has 0 aromatic rings. The molecule has 0 bridgehead atoms. The van der Waals surface area contributed by atoms with Gasteiger partial charge >= 0.3 is 0 Å². The zero-order chi connectivity index (χ0) is 12.5. The lowest BCUT2D eigenvalue weighted by molar-refractivity contribution is 0.148. The number of sulfonamides is 1. The van der Waals surface area contributed by atoms with Gasteiger partial charge in [-0.25, -0.2) is 8.42 Å². The molecule has 2 fully saturated rings. The summed E-state index contributed by atoms with van der Waals surface area (Å²) in [6.07, 6.45) is 3.45.